The van der Waals surface area contributed by atoms with E-state index in [4.69, 9.17) is 26.2 Å². The quantitative estimate of drug-likeness (QED) is 0.908. The highest BCUT2D eigenvalue weighted by Gasteiger charge is 2.35. The van der Waals surface area contributed by atoms with Crippen molar-refractivity contribution >= 4 is 17.7 Å². The fourth-order valence-corrected chi connectivity index (χ4v) is 1.84. The standard InChI is InChI=1S/C12H14ClNO4/c1-8(7-15)14-6-11(18-12(14)16)17-10-4-2-3-9(13)5-10/h2-5,8,11,15H,6-7H2,1H3/t8-,11-/m1/s1. The van der Waals surface area contributed by atoms with Crippen LogP contribution in [-0.4, -0.2) is 41.6 Å². The molecule has 1 aliphatic heterocycles. The van der Waals surface area contributed by atoms with Crippen molar-refractivity contribution in [2.75, 3.05) is 13.2 Å². The number of benzene rings is 1. The van der Waals surface area contributed by atoms with E-state index in [1.54, 1.807) is 31.2 Å². The number of aliphatic hydroxyl groups excluding tert-OH is 1. The zero-order valence-electron chi connectivity index (χ0n) is 9.88. The number of carbonyl (C=O) groups excluding carboxylic acids is 1. The Balaban J connectivity index is 1.98. The van der Waals surface area contributed by atoms with Gasteiger partial charge in [-0.3, -0.25) is 4.90 Å². The molecule has 0 spiro atoms. The molecular weight excluding hydrogens is 258 g/mol. The van der Waals surface area contributed by atoms with E-state index in [0.717, 1.165) is 0 Å². The molecule has 0 saturated carbocycles. The van der Waals surface area contributed by atoms with Crippen LogP contribution in [-0.2, 0) is 4.74 Å². The molecule has 5 nitrogen and oxygen atoms in total. The maximum absolute atomic E-state index is 11.5. The molecule has 1 N–H and O–H groups in total. The predicted octanol–water partition coefficient (Wildman–Crippen LogP) is 1.88. The first-order valence-electron chi connectivity index (χ1n) is 5.60. The molecule has 0 bridgehead atoms. The van der Waals surface area contributed by atoms with Crippen LogP contribution in [0.5, 0.6) is 5.75 Å². The number of rotatable bonds is 4. The molecule has 0 aliphatic carbocycles. The zero-order chi connectivity index (χ0) is 13.1. The lowest BCUT2D eigenvalue weighted by molar-refractivity contribution is 0.00524. The van der Waals surface area contributed by atoms with Crippen LogP contribution in [0.1, 0.15) is 6.92 Å². The molecule has 0 aromatic heterocycles. The second-order valence-electron chi connectivity index (χ2n) is 4.07. The van der Waals surface area contributed by atoms with Gasteiger partial charge in [0.1, 0.15) is 5.75 Å². The monoisotopic (exact) mass is 271 g/mol. The van der Waals surface area contributed by atoms with Crippen molar-refractivity contribution < 1.29 is 19.4 Å². The number of cyclic esters (lactones) is 1. The smallest absolute Gasteiger partial charge is 0.413 e. The van der Waals surface area contributed by atoms with E-state index in [1.807, 2.05) is 0 Å². The number of aliphatic hydroxyl groups is 1. The fourth-order valence-electron chi connectivity index (χ4n) is 1.66. The van der Waals surface area contributed by atoms with E-state index in [0.29, 0.717) is 10.8 Å². The molecule has 1 aromatic rings. The third-order valence-corrected chi connectivity index (χ3v) is 2.91. The Morgan fingerprint density at radius 2 is 2.44 bits per heavy atom. The van der Waals surface area contributed by atoms with Gasteiger partial charge in [0.15, 0.2) is 0 Å². The van der Waals surface area contributed by atoms with Gasteiger partial charge in [-0.05, 0) is 25.1 Å². The van der Waals surface area contributed by atoms with E-state index in [2.05, 4.69) is 0 Å². The molecule has 1 aromatic carbocycles. The van der Waals surface area contributed by atoms with E-state index < -0.39 is 12.4 Å². The Hall–Kier alpha value is -1.46. The van der Waals surface area contributed by atoms with Gasteiger partial charge in [0.05, 0.1) is 19.2 Å². The van der Waals surface area contributed by atoms with Crippen LogP contribution in [0.4, 0.5) is 4.79 Å². The molecule has 1 amide bonds. The Morgan fingerprint density at radius 1 is 1.67 bits per heavy atom. The SMILES string of the molecule is C[C@H](CO)N1C[C@H](Oc2cccc(Cl)c2)OC1=O. The van der Waals surface area contributed by atoms with Gasteiger partial charge >= 0.3 is 6.09 Å². The number of ether oxygens (including phenoxy) is 2. The second kappa shape index (κ2) is 5.46. The lowest BCUT2D eigenvalue weighted by atomic mass is 10.3. The molecule has 1 fully saturated rings. The number of hydrogen-bond acceptors (Lipinski definition) is 4. The van der Waals surface area contributed by atoms with Crippen LogP contribution < -0.4 is 4.74 Å². The summed E-state index contributed by atoms with van der Waals surface area (Å²) >= 11 is 5.83. The van der Waals surface area contributed by atoms with Crippen LogP contribution >= 0.6 is 11.6 Å². The minimum Gasteiger partial charge on any atom is -0.453 e. The molecule has 1 heterocycles. The predicted molar refractivity (Wildman–Crippen MR) is 65.6 cm³/mol. The number of halogens is 1. The number of carbonyl (C=O) groups is 1. The number of nitrogens with zero attached hydrogens (tertiary/aromatic N) is 1. The molecule has 2 rings (SSSR count). The largest absolute Gasteiger partial charge is 0.453 e. The Labute approximate surface area is 110 Å². The average Bonchev–Trinajstić information content (AvgIpc) is 2.69. The summed E-state index contributed by atoms with van der Waals surface area (Å²) in [4.78, 5) is 13.0. The number of hydrogen-bond donors (Lipinski definition) is 1. The van der Waals surface area contributed by atoms with Gasteiger partial charge in [-0.2, -0.15) is 0 Å². The van der Waals surface area contributed by atoms with E-state index in [-0.39, 0.29) is 19.2 Å². The summed E-state index contributed by atoms with van der Waals surface area (Å²) in [7, 11) is 0. The topological polar surface area (TPSA) is 59.0 Å². The van der Waals surface area contributed by atoms with Crippen LogP contribution in [0.25, 0.3) is 0 Å². The minimum absolute atomic E-state index is 0.112. The lowest BCUT2D eigenvalue weighted by Gasteiger charge is -2.18. The van der Waals surface area contributed by atoms with Gasteiger partial charge in [0, 0.05) is 5.02 Å². The van der Waals surface area contributed by atoms with Crippen LogP contribution in [0.15, 0.2) is 24.3 Å². The van der Waals surface area contributed by atoms with Crippen molar-refractivity contribution in [1.29, 1.82) is 0 Å². The molecule has 98 valence electrons. The lowest BCUT2D eigenvalue weighted by Crippen LogP contribution is -2.37. The van der Waals surface area contributed by atoms with Crippen molar-refractivity contribution in [2.24, 2.45) is 0 Å². The highest BCUT2D eigenvalue weighted by Crippen LogP contribution is 2.22. The van der Waals surface area contributed by atoms with Gasteiger partial charge in [0.2, 0.25) is 0 Å². The summed E-state index contributed by atoms with van der Waals surface area (Å²) in [5.41, 5.74) is 0. The third-order valence-electron chi connectivity index (χ3n) is 2.67. The highest BCUT2D eigenvalue weighted by molar-refractivity contribution is 6.30. The summed E-state index contributed by atoms with van der Waals surface area (Å²) in [6.07, 6.45) is -1.16. The molecule has 0 radical (unpaired) electrons. The highest BCUT2D eigenvalue weighted by atomic mass is 35.5. The first-order valence-corrected chi connectivity index (χ1v) is 5.98. The molecule has 18 heavy (non-hydrogen) atoms. The maximum atomic E-state index is 11.5. The van der Waals surface area contributed by atoms with Gasteiger partial charge in [-0.15, -0.1) is 0 Å². The normalized spacial score (nSPS) is 20.7. The summed E-state index contributed by atoms with van der Waals surface area (Å²) in [5.74, 6) is 0.541. The van der Waals surface area contributed by atoms with Crippen molar-refractivity contribution in [3.8, 4) is 5.75 Å². The molecule has 2 atom stereocenters. The van der Waals surface area contributed by atoms with E-state index >= 15 is 0 Å². The first-order chi connectivity index (χ1) is 8.60. The minimum atomic E-state index is -0.676. The molecular formula is C12H14ClNO4. The summed E-state index contributed by atoms with van der Waals surface area (Å²) < 4.78 is 10.6. The number of amides is 1. The fraction of sp³-hybridized carbons (Fsp3) is 0.417. The molecule has 0 unspecified atom stereocenters. The molecule has 1 saturated heterocycles. The van der Waals surface area contributed by atoms with Crippen molar-refractivity contribution in [1.82, 2.24) is 4.90 Å². The molecule has 6 heteroatoms. The summed E-state index contributed by atoms with van der Waals surface area (Å²) in [6.45, 7) is 1.91. The van der Waals surface area contributed by atoms with Crippen LogP contribution in [0, 0.1) is 0 Å². The Kier molecular flexibility index (Phi) is 3.93. The summed E-state index contributed by atoms with van der Waals surface area (Å²) in [5, 5.41) is 9.57. The van der Waals surface area contributed by atoms with Gasteiger partial charge in [-0.25, -0.2) is 4.79 Å². The Morgan fingerprint density at radius 3 is 3.11 bits per heavy atom. The first kappa shape index (κ1) is 13.0. The van der Waals surface area contributed by atoms with Gasteiger partial charge in [-0.1, -0.05) is 17.7 Å². The maximum Gasteiger partial charge on any atom is 0.413 e. The Bertz CT molecular complexity index is 440. The van der Waals surface area contributed by atoms with E-state index in [9.17, 15) is 4.79 Å². The summed E-state index contributed by atoms with van der Waals surface area (Å²) in [6, 6.07) is 6.58. The average molecular weight is 272 g/mol. The van der Waals surface area contributed by atoms with Crippen LogP contribution in [0.2, 0.25) is 5.02 Å². The van der Waals surface area contributed by atoms with Crippen molar-refractivity contribution in [2.45, 2.75) is 19.3 Å². The van der Waals surface area contributed by atoms with Gasteiger partial charge < -0.3 is 14.6 Å². The van der Waals surface area contributed by atoms with Crippen molar-refractivity contribution in [3.63, 3.8) is 0 Å². The van der Waals surface area contributed by atoms with E-state index in [1.165, 1.54) is 4.90 Å². The third kappa shape index (κ3) is 2.86. The molecule has 1 aliphatic rings. The second-order valence-corrected chi connectivity index (χ2v) is 4.51. The van der Waals surface area contributed by atoms with Gasteiger partial charge in [0.25, 0.3) is 6.29 Å². The van der Waals surface area contributed by atoms with Crippen LogP contribution in [0.3, 0.4) is 0 Å². The van der Waals surface area contributed by atoms with Crippen molar-refractivity contribution in [3.05, 3.63) is 29.3 Å². The zero-order valence-corrected chi connectivity index (χ0v) is 10.6.